The van der Waals surface area contributed by atoms with Crippen LogP contribution in [0.15, 0.2) is 48.5 Å². The van der Waals surface area contributed by atoms with Gasteiger partial charge < -0.3 is 0 Å². The van der Waals surface area contributed by atoms with Crippen molar-refractivity contribution < 1.29 is 0 Å². The van der Waals surface area contributed by atoms with Gasteiger partial charge in [-0.15, -0.1) is 0 Å². The van der Waals surface area contributed by atoms with Crippen molar-refractivity contribution in [3.63, 3.8) is 0 Å². The fourth-order valence-corrected chi connectivity index (χ4v) is 8.77. The first kappa shape index (κ1) is 19.4. The third kappa shape index (κ3) is 5.29. The Morgan fingerprint density at radius 1 is 0.625 bits per heavy atom. The van der Waals surface area contributed by atoms with Crippen molar-refractivity contribution in [1.29, 1.82) is 0 Å². The molecule has 0 aromatic heterocycles. The standard InChI is InChI=1S/C20H28N2Se2/c1-5-21(6-2)17-11-9-13-19(15-17)23-24-20-14-10-12-18(16-20)22(7-3)8-4/h9-16H,5-8H2,1-4H3. The Balaban J connectivity index is 2.06. The van der Waals surface area contributed by atoms with E-state index in [4.69, 9.17) is 0 Å². The minimum atomic E-state index is 0.540. The van der Waals surface area contributed by atoms with Crippen LogP contribution < -0.4 is 18.7 Å². The van der Waals surface area contributed by atoms with Crippen LogP contribution in [0.5, 0.6) is 0 Å². The van der Waals surface area contributed by atoms with Crippen LogP contribution in [0.4, 0.5) is 11.4 Å². The summed E-state index contributed by atoms with van der Waals surface area (Å²) < 4.78 is 3.03. The Morgan fingerprint density at radius 2 is 1.00 bits per heavy atom. The zero-order valence-corrected chi connectivity index (χ0v) is 18.6. The van der Waals surface area contributed by atoms with Crippen LogP contribution in [-0.4, -0.2) is 52.4 Å². The van der Waals surface area contributed by atoms with E-state index in [0.29, 0.717) is 26.3 Å². The molecule has 0 aliphatic carbocycles. The normalized spacial score (nSPS) is 10.7. The number of benzene rings is 2. The van der Waals surface area contributed by atoms with E-state index in [9.17, 15) is 0 Å². The summed E-state index contributed by atoms with van der Waals surface area (Å²) in [6, 6.07) is 18.3. The van der Waals surface area contributed by atoms with Gasteiger partial charge in [-0.1, -0.05) is 0 Å². The van der Waals surface area contributed by atoms with E-state index in [-0.39, 0.29) is 0 Å². The van der Waals surface area contributed by atoms with E-state index in [0.717, 1.165) is 26.2 Å². The predicted molar refractivity (Wildman–Crippen MR) is 111 cm³/mol. The zero-order chi connectivity index (χ0) is 17.4. The van der Waals surface area contributed by atoms with E-state index < -0.39 is 0 Å². The summed E-state index contributed by atoms with van der Waals surface area (Å²) in [7, 11) is 0. The maximum absolute atomic E-state index is 2.42. The van der Waals surface area contributed by atoms with Gasteiger partial charge in [-0.2, -0.15) is 0 Å². The average molecular weight is 454 g/mol. The summed E-state index contributed by atoms with van der Waals surface area (Å²) >= 11 is 1.08. The van der Waals surface area contributed by atoms with Crippen LogP contribution in [0.3, 0.4) is 0 Å². The monoisotopic (exact) mass is 456 g/mol. The molecule has 2 rings (SSSR count). The fraction of sp³-hybridized carbons (Fsp3) is 0.400. The van der Waals surface area contributed by atoms with Gasteiger partial charge in [-0.05, 0) is 0 Å². The molecule has 2 nitrogen and oxygen atoms in total. The topological polar surface area (TPSA) is 6.48 Å². The van der Waals surface area contributed by atoms with E-state index in [1.165, 1.54) is 20.3 Å². The van der Waals surface area contributed by atoms with Crippen molar-refractivity contribution in [2.24, 2.45) is 0 Å². The van der Waals surface area contributed by atoms with Gasteiger partial charge in [0, 0.05) is 0 Å². The summed E-state index contributed by atoms with van der Waals surface area (Å²) in [5.74, 6) is 0. The Kier molecular flexibility index (Phi) is 8.21. The van der Waals surface area contributed by atoms with Gasteiger partial charge in [-0.25, -0.2) is 0 Å². The molecular weight excluding hydrogens is 426 g/mol. The van der Waals surface area contributed by atoms with Crippen molar-refractivity contribution in [2.45, 2.75) is 27.7 Å². The molecule has 2 aromatic carbocycles. The molecule has 0 saturated carbocycles. The Hall–Kier alpha value is -0.921. The third-order valence-corrected chi connectivity index (χ3v) is 11.3. The second-order valence-electron chi connectivity index (χ2n) is 5.51. The molecule has 0 aliphatic rings. The summed E-state index contributed by atoms with van der Waals surface area (Å²) in [4.78, 5) is 4.85. The van der Waals surface area contributed by atoms with Crippen LogP contribution in [-0.2, 0) is 0 Å². The minimum absolute atomic E-state index is 0.540. The molecule has 0 atom stereocenters. The van der Waals surface area contributed by atoms with Gasteiger partial charge in [-0.3, -0.25) is 0 Å². The predicted octanol–water partition coefficient (Wildman–Crippen LogP) is 2.65. The second kappa shape index (κ2) is 10.2. The van der Waals surface area contributed by atoms with Gasteiger partial charge in [0.1, 0.15) is 0 Å². The number of hydrogen-bond donors (Lipinski definition) is 0. The molecule has 0 amide bonds. The van der Waals surface area contributed by atoms with Crippen molar-refractivity contribution in [3.05, 3.63) is 48.5 Å². The molecule has 130 valence electrons. The van der Waals surface area contributed by atoms with Crippen LogP contribution in [0.25, 0.3) is 0 Å². The molecule has 0 radical (unpaired) electrons. The number of hydrogen-bond acceptors (Lipinski definition) is 2. The summed E-state index contributed by atoms with van der Waals surface area (Å²) in [6.07, 6.45) is 0. The van der Waals surface area contributed by atoms with Crippen molar-refractivity contribution in [1.82, 2.24) is 0 Å². The van der Waals surface area contributed by atoms with E-state index in [1.54, 1.807) is 0 Å². The molecular formula is C20H28N2Se2. The molecule has 0 bridgehead atoms. The Bertz CT molecular complexity index is 567. The van der Waals surface area contributed by atoms with Gasteiger partial charge in [0.15, 0.2) is 0 Å². The van der Waals surface area contributed by atoms with Crippen LogP contribution in [0.1, 0.15) is 27.7 Å². The molecule has 0 aliphatic heterocycles. The van der Waals surface area contributed by atoms with Crippen molar-refractivity contribution in [2.75, 3.05) is 36.0 Å². The van der Waals surface area contributed by atoms with Gasteiger partial charge in [0.2, 0.25) is 0 Å². The molecule has 4 heteroatoms. The number of anilines is 2. The van der Waals surface area contributed by atoms with Crippen molar-refractivity contribution in [3.8, 4) is 0 Å². The van der Waals surface area contributed by atoms with E-state index in [1.807, 2.05) is 0 Å². The molecule has 24 heavy (non-hydrogen) atoms. The zero-order valence-electron chi connectivity index (χ0n) is 15.2. The van der Waals surface area contributed by atoms with Crippen LogP contribution in [0, 0.1) is 0 Å². The Labute approximate surface area is 158 Å². The maximum atomic E-state index is 2.42. The van der Waals surface area contributed by atoms with E-state index in [2.05, 4.69) is 86.0 Å². The molecule has 0 unspecified atom stereocenters. The Morgan fingerprint density at radius 3 is 1.33 bits per heavy atom. The van der Waals surface area contributed by atoms with Crippen LogP contribution >= 0.6 is 0 Å². The first-order chi connectivity index (χ1) is 11.7. The van der Waals surface area contributed by atoms with Gasteiger partial charge in [0.25, 0.3) is 0 Å². The molecule has 0 fully saturated rings. The van der Waals surface area contributed by atoms with Crippen LogP contribution in [0.2, 0.25) is 0 Å². The molecule has 2 aromatic rings. The molecule has 0 saturated heterocycles. The summed E-state index contributed by atoms with van der Waals surface area (Å²) in [6.45, 7) is 13.2. The third-order valence-electron chi connectivity index (χ3n) is 4.13. The average Bonchev–Trinajstić information content (AvgIpc) is 2.63. The van der Waals surface area contributed by atoms with Gasteiger partial charge in [0.05, 0.1) is 0 Å². The quantitative estimate of drug-likeness (QED) is 0.538. The number of rotatable bonds is 9. The van der Waals surface area contributed by atoms with Gasteiger partial charge >= 0.3 is 159 Å². The summed E-state index contributed by atoms with van der Waals surface area (Å²) in [5, 5.41) is 0. The molecule has 0 heterocycles. The molecule has 0 spiro atoms. The van der Waals surface area contributed by atoms with Crippen molar-refractivity contribution >= 4 is 46.6 Å². The fourth-order valence-electron chi connectivity index (χ4n) is 2.74. The first-order valence-electron chi connectivity index (χ1n) is 8.76. The first-order valence-corrected chi connectivity index (χ1v) is 14.8. The second-order valence-corrected chi connectivity index (χ2v) is 11.8. The SMILES string of the molecule is CCN(CC)c1cccc([Se][Se]c2cccc(N(CC)CC)c2)c1. The molecule has 0 N–H and O–H groups in total. The summed E-state index contributed by atoms with van der Waals surface area (Å²) in [5.41, 5.74) is 2.74. The van der Waals surface area contributed by atoms with E-state index >= 15 is 0 Å². The number of nitrogens with zero attached hydrogens (tertiary/aromatic N) is 2.